The smallest absolute Gasteiger partial charge is 0.307 e. The first-order chi connectivity index (χ1) is 10.0. The lowest BCUT2D eigenvalue weighted by molar-refractivity contribution is 0.262. The second kappa shape index (κ2) is 6.10. The number of hydrogen-bond acceptors (Lipinski definition) is 2. The molecule has 4 nitrogen and oxygen atoms in total. The number of rotatable bonds is 2. The van der Waals surface area contributed by atoms with Crippen LogP contribution < -0.4 is 10.6 Å². The van der Waals surface area contributed by atoms with Gasteiger partial charge in [-0.2, -0.15) is 5.26 Å². The topological polar surface area (TPSA) is 64.9 Å². The minimum Gasteiger partial charge on any atom is -0.307 e. The van der Waals surface area contributed by atoms with Crippen LogP contribution in [0.3, 0.4) is 0 Å². The van der Waals surface area contributed by atoms with Gasteiger partial charge >= 0.3 is 6.03 Å². The average molecular weight is 279 g/mol. The highest BCUT2D eigenvalue weighted by Crippen LogP contribution is 2.22. The van der Waals surface area contributed by atoms with Crippen LogP contribution in [0.2, 0.25) is 0 Å². The fraction of sp³-hybridized carbons (Fsp3) is 0.176. The molecular formula is C17H17N3O. The minimum absolute atomic E-state index is 0.354. The van der Waals surface area contributed by atoms with Gasteiger partial charge in [-0.1, -0.05) is 29.8 Å². The van der Waals surface area contributed by atoms with Gasteiger partial charge in [0.15, 0.2) is 0 Å². The Balaban J connectivity index is 2.18. The Kier molecular flexibility index (Phi) is 4.24. The fourth-order valence-corrected chi connectivity index (χ4v) is 2.33. The lowest BCUT2D eigenvalue weighted by Gasteiger charge is -2.14. The van der Waals surface area contributed by atoms with E-state index in [0.29, 0.717) is 11.3 Å². The molecule has 0 spiro atoms. The highest BCUT2D eigenvalue weighted by Gasteiger charge is 2.10. The molecule has 0 heterocycles. The zero-order chi connectivity index (χ0) is 15.4. The summed E-state index contributed by atoms with van der Waals surface area (Å²) in [6, 6.07) is 12.6. The Bertz CT molecular complexity index is 706. The molecule has 0 aliphatic heterocycles. The largest absolute Gasteiger partial charge is 0.323 e. The van der Waals surface area contributed by atoms with Gasteiger partial charge in [-0.05, 0) is 44.0 Å². The monoisotopic (exact) mass is 279 g/mol. The van der Waals surface area contributed by atoms with Crippen molar-refractivity contribution in [2.24, 2.45) is 0 Å². The fourth-order valence-electron chi connectivity index (χ4n) is 2.33. The van der Waals surface area contributed by atoms with Gasteiger partial charge in [-0.3, -0.25) is 0 Å². The summed E-state index contributed by atoms with van der Waals surface area (Å²) in [5.41, 5.74) is 4.91. The summed E-state index contributed by atoms with van der Waals surface area (Å²) in [6.07, 6.45) is 0. The molecule has 21 heavy (non-hydrogen) atoms. The number of aryl methyl sites for hydroxylation is 3. The van der Waals surface area contributed by atoms with E-state index in [1.807, 2.05) is 32.9 Å². The predicted molar refractivity (Wildman–Crippen MR) is 84.5 cm³/mol. The molecule has 2 aromatic carbocycles. The number of para-hydroxylation sites is 1. The molecule has 0 aromatic heterocycles. The van der Waals surface area contributed by atoms with Crippen LogP contribution in [0.15, 0.2) is 36.4 Å². The van der Waals surface area contributed by atoms with Crippen molar-refractivity contribution in [3.05, 3.63) is 58.7 Å². The molecule has 0 bridgehead atoms. The number of hydrogen-bond donors (Lipinski definition) is 2. The van der Waals surface area contributed by atoms with E-state index >= 15 is 0 Å². The van der Waals surface area contributed by atoms with Gasteiger partial charge in [-0.15, -0.1) is 0 Å². The average Bonchev–Trinajstić information content (AvgIpc) is 2.43. The Labute approximate surface area is 124 Å². The second-order valence-corrected chi connectivity index (χ2v) is 5.01. The minimum atomic E-state index is -0.354. The number of nitriles is 1. The summed E-state index contributed by atoms with van der Waals surface area (Å²) in [5, 5.41) is 14.6. The third-order valence-electron chi connectivity index (χ3n) is 3.21. The molecule has 0 saturated heterocycles. The Hall–Kier alpha value is -2.80. The quantitative estimate of drug-likeness (QED) is 0.868. The third kappa shape index (κ3) is 3.40. The van der Waals surface area contributed by atoms with Crippen LogP contribution in [0.25, 0.3) is 0 Å². The number of benzene rings is 2. The van der Waals surface area contributed by atoms with Crippen LogP contribution in [-0.2, 0) is 0 Å². The molecule has 2 amide bonds. The lowest BCUT2D eigenvalue weighted by atomic mass is 10.1. The lowest BCUT2D eigenvalue weighted by Crippen LogP contribution is -2.21. The van der Waals surface area contributed by atoms with Crippen molar-refractivity contribution in [2.75, 3.05) is 10.6 Å². The van der Waals surface area contributed by atoms with Gasteiger partial charge in [0.2, 0.25) is 0 Å². The van der Waals surface area contributed by atoms with Gasteiger partial charge in [-0.25, -0.2) is 4.79 Å². The van der Waals surface area contributed by atoms with Crippen LogP contribution in [-0.4, -0.2) is 6.03 Å². The number of nitrogens with one attached hydrogen (secondary N) is 2. The summed E-state index contributed by atoms with van der Waals surface area (Å²) in [4.78, 5) is 12.1. The van der Waals surface area contributed by atoms with Crippen LogP contribution in [0.1, 0.15) is 22.3 Å². The van der Waals surface area contributed by atoms with Crippen molar-refractivity contribution in [1.29, 1.82) is 5.26 Å². The van der Waals surface area contributed by atoms with Crippen molar-refractivity contribution in [3.63, 3.8) is 0 Å². The molecule has 0 atom stereocenters. The Morgan fingerprint density at radius 2 is 1.67 bits per heavy atom. The van der Waals surface area contributed by atoms with E-state index < -0.39 is 0 Å². The van der Waals surface area contributed by atoms with E-state index in [1.54, 1.807) is 24.3 Å². The van der Waals surface area contributed by atoms with Gasteiger partial charge < -0.3 is 10.6 Å². The number of carbonyl (C=O) groups is 1. The van der Waals surface area contributed by atoms with E-state index in [2.05, 4.69) is 16.7 Å². The van der Waals surface area contributed by atoms with E-state index in [1.165, 1.54) is 0 Å². The van der Waals surface area contributed by atoms with Crippen molar-refractivity contribution >= 4 is 17.4 Å². The first kappa shape index (κ1) is 14.6. The molecule has 0 aliphatic rings. The summed E-state index contributed by atoms with van der Waals surface area (Å²) in [6.45, 7) is 5.94. The number of urea groups is 1. The summed E-state index contributed by atoms with van der Waals surface area (Å²) in [7, 11) is 0. The molecule has 106 valence electrons. The summed E-state index contributed by atoms with van der Waals surface area (Å²) in [5.74, 6) is 0. The van der Waals surface area contributed by atoms with Crippen LogP contribution in [0, 0.1) is 32.1 Å². The van der Waals surface area contributed by atoms with Crippen LogP contribution in [0.4, 0.5) is 16.2 Å². The maximum absolute atomic E-state index is 12.1. The molecule has 2 aromatic rings. The van der Waals surface area contributed by atoms with E-state index in [4.69, 9.17) is 5.26 Å². The van der Waals surface area contributed by atoms with Gasteiger partial charge in [0.25, 0.3) is 0 Å². The zero-order valence-corrected chi connectivity index (χ0v) is 12.3. The van der Waals surface area contributed by atoms with Crippen molar-refractivity contribution in [1.82, 2.24) is 0 Å². The van der Waals surface area contributed by atoms with E-state index in [0.717, 1.165) is 22.4 Å². The number of amides is 2. The first-order valence-electron chi connectivity index (χ1n) is 6.66. The molecular weight excluding hydrogens is 262 g/mol. The maximum atomic E-state index is 12.1. The van der Waals surface area contributed by atoms with Crippen LogP contribution in [0.5, 0.6) is 0 Å². The standard InChI is InChI=1S/C17H17N3O/c1-11-8-12(2)16(13(3)9-11)20-17(21)19-15-7-5-4-6-14(15)10-18/h4-9H,1-3H3,(H2,19,20,21). The number of anilines is 2. The van der Waals surface area contributed by atoms with Crippen molar-refractivity contribution in [2.45, 2.75) is 20.8 Å². The van der Waals surface area contributed by atoms with Gasteiger partial charge in [0.1, 0.15) is 6.07 Å². The molecule has 2 rings (SSSR count). The van der Waals surface area contributed by atoms with Crippen LogP contribution >= 0.6 is 0 Å². The van der Waals surface area contributed by atoms with E-state index in [-0.39, 0.29) is 6.03 Å². The molecule has 2 N–H and O–H groups in total. The van der Waals surface area contributed by atoms with Crippen molar-refractivity contribution in [3.8, 4) is 6.07 Å². The van der Waals surface area contributed by atoms with E-state index in [9.17, 15) is 4.79 Å². The molecule has 0 aliphatic carbocycles. The number of carbonyl (C=O) groups excluding carboxylic acids is 1. The maximum Gasteiger partial charge on any atom is 0.323 e. The van der Waals surface area contributed by atoms with Crippen molar-refractivity contribution < 1.29 is 4.79 Å². The molecule has 0 fully saturated rings. The molecule has 4 heteroatoms. The zero-order valence-electron chi connectivity index (χ0n) is 12.3. The predicted octanol–water partition coefficient (Wildman–Crippen LogP) is 4.13. The molecule has 0 unspecified atom stereocenters. The highest BCUT2D eigenvalue weighted by atomic mass is 16.2. The Morgan fingerprint density at radius 1 is 1.05 bits per heavy atom. The van der Waals surface area contributed by atoms with Gasteiger partial charge in [0, 0.05) is 5.69 Å². The highest BCUT2D eigenvalue weighted by molar-refractivity contribution is 6.01. The SMILES string of the molecule is Cc1cc(C)c(NC(=O)Nc2ccccc2C#N)c(C)c1. The Morgan fingerprint density at radius 3 is 2.29 bits per heavy atom. The summed E-state index contributed by atoms with van der Waals surface area (Å²) >= 11 is 0. The first-order valence-corrected chi connectivity index (χ1v) is 6.66. The number of nitrogens with zero attached hydrogens (tertiary/aromatic N) is 1. The third-order valence-corrected chi connectivity index (χ3v) is 3.21. The summed E-state index contributed by atoms with van der Waals surface area (Å²) < 4.78 is 0. The van der Waals surface area contributed by atoms with Gasteiger partial charge in [0.05, 0.1) is 11.3 Å². The normalized spacial score (nSPS) is 9.81. The molecule has 0 saturated carbocycles. The second-order valence-electron chi connectivity index (χ2n) is 5.01. The molecule has 0 radical (unpaired) electrons.